The lowest BCUT2D eigenvalue weighted by Crippen LogP contribution is -2.35. The summed E-state index contributed by atoms with van der Waals surface area (Å²) in [6.07, 6.45) is 6.45. The number of anilines is 1. The fraction of sp³-hybridized carbons (Fsp3) is 0.545. The van der Waals surface area contributed by atoms with Crippen LogP contribution in [-0.2, 0) is 9.59 Å². The Labute approximate surface area is 147 Å². The molecule has 6 aliphatic rings. The Morgan fingerprint density at radius 3 is 1.92 bits per heavy atom. The number of benzene rings is 1. The summed E-state index contributed by atoms with van der Waals surface area (Å²) in [6, 6.07) is 9.57. The predicted molar refractivity (Wildman–Crippen MR) is 92.4 cm³/mol. The second kappa shape index (κ2) is 3.92. The molecule has 1 aromatic carbocycles. The number of carbonyl (C=O) groups excluding carboxylic acids is 2. The van der Waals surface area contributed by atoms with E-state index in [-0.39, 0.29) is 23.7 Å². The summed E-state index contributed by atoms with van der Waals surface area (Å²) in [7, 11) is 0. The molecule has 0 N–H and O–H groups in total. The van der Waals surface area contributed by atoms with Crippen LogP contribution in [0.2, 0.25) is 0 Å². The molecule has 0 aromatic heterocycles. The zero-order valence-electron chi connectivity index (χ0n) is 14.2. The largest absolute Gasteiger partial charge is 0.274 e. The first-order chi connectivity index (χ1) is 12.2. The molecule has 3 heteroatoms. The van der Waals surface area contributed by atoms with Crippen molar-refractivity contribution in [2.24, 2.45) is 40.9 Å². The highest BCUT2D eigenvalue weighted by atomic mass is 16.2. The van der Waals surface area contributed by atoms with Crippen LogP contribution >= 0.6 is 0 Å². The standard InChI is InChI=1S/C22H21NO2/c24-20-16-17(21(25)23(20)13-4-2-1-3-5-13)19-15-12-7-6-11(10-12)14(15)18(16)22(19)8-9-22/h1-5,11-12,16-19H,6-10H2/t11-,12-,16-,17+,18+,19+/m0/s1. The molecular weight excluding hydrogens is 310 g/mol. The maximum atomic E-state index is 13.4. The summed E-state index contributed by atoms with van der Waals surface area (Å²) in [5.74, 6) is 2.35. The van der Waals surface area contributed by atoms with Gasteiger partial charge in [0, 0.05) is 0 Å². The summed E-state index contributed by atoms with van der Waals surface area (Å²) >= 11 is 0. The van der Waals surface area contributed by atoms with Gasteiger partial charge >= 0.3 is 0 Å². The van der Waals surface area contributed by atoms with Gasteiger partial charge < -0.3 is 0 Å². The van der Waals surface area contributed by atoms with E-state index in [4.69, 9.17) is 0 Å². The smallest absolute Gasteiger partial charge is 0.238 e. The van der Waals surface area contributed by atoms with Gasteiger partial charge in [-0.25, -0.2) is 0 Å². The molecule has 3 nitrogen and oxygen atoms in total. The van der Waals surface area contributed by atoms with Crippen molar-refractivity contribution in [2.75, 3.05) is 4.90 Å². The van der Waals surface area contributed by atoms with E-state index >= 15 is 0 Å². The maximum Gasteiger partial charge on any atom is 0.238 e. The SMILES string of the molecule is O=C1[C@@H]2[C@H](C(=O)N1c1ccccc1)[C@H]1C3=C([C@H]4CC[C@H]3C4)[C@H]2C12CC2. The lowest BCUT2D eigenvalue weighted by Gasteiger charge is -2.29. The first kappa shape index (κ1) is 13.3. The molecule has 6 atom stereocenters. The fourth-order valence-corrected chi connectivity index (χ4v) is 7.81. The molecule has 0 unspecified atom stereocenters. The van der Waals surface area contributed by atoms with Gasteiger partial charge in [0.05, 0.1) is 17.5 Å². The van der Waals surface area contributed by atoms with E-state index in [1.54, 1.807) is 11.1 Å². The molecule has 1 heterocycles. The highest BCUT2D eigenvalue weighted by molar-refractivity contribution is 6.23. The molecule has 1 saturated heterocycles. The molecule has 1 aliphatic heterocycles. The van der Waals surface area contributed by atoms with Crippen LogP contribution in [0.5, 0.6) is 0 Å². The van der Waals surface area contributed by atoms with Gasteiger partial charge in [0.2, 0.25) is 11.8 Å². The molecule has 7 rings (SSSR count). The lowest BCUT2D eigenvalue weighted by molar-refractivity contribution is -0.123. The van der Waals surface area contributed by atoms with Gasteiger partial charge in [0.15, 0.2) is 0 Å². The van der Waals surface area contributed by atoms with E-state index in [0.717, 1.165) is 17.5 Å². The van der Waals surface area contributed by atoms with E-state index in [1.807, 2.05) is 30.3 Å². The van der Waals surface area contributed by atoms with E-state index in [1.165, 1.54) is 37.0 Å². The molecule has 25 heavy (non-hydrogen) atoms. The Morgan fingerprint density at radius 2 is 1.40 bits per heavy atom. The van der Waals surface area contributed by atoms with Crippen molar-refractivity contribution >= 4 is 17.5 Å². The topological polar surface area (TPSA) is 37.4 Å². The van der Waals surface area contributed by atoms with Gasteiger partial charge in [-0.15, -0.1) is 0 Å². The monoisotopic (exact) mass is 331 g/mol. The summed E-state index contributed by atoms with van der Waals surface area (Å²) < 4.78 is 0. The van der Waals surface area contributed by atoms with Gasteiger partial charge in [-0.3, -0.25) is 14.5 Å². The number of nitrogens with zero attached hydrogens (tertiary/aromatic N) is 1. The van der Waals surface area contributed by atoms with Crippen LogP contribution in [0, 0.1) is 40.9 Å². The Bertz CT molecular complexity index is 833. The Balaban J connectivity index is 1.39. The van der Waals surface area contributed by atoms with Crippen molar-refractivity contribution in [1.82, 2.24) is 0 Å². The third-order valence-corrected chi connectivity index (χ3v) is 8.51. The van der Waals surface area contributed by atoms with Crippen molar-refractivity contribution in [2.45, 2.75) is 32.1 Å². The average molecular weight is 331 g/mol. The van der Waals surface area contributed by atoms with E-state index in [2.05, 4.69) is 0 Å². The number of rotatable bonds is 1. The highest BCUT2D eigenvalue weighted by Crippen LogP contribution is 2.81. The Hall–Kier alpha value is -1.90. The number of imide groups is 1. The molecule has 126 valence electrons. The third-order valence-electron chi connectivity index (χ3n) is 8.51. The number of hydrogen-bond donors (Lipinski definition) is 0. The molecular formula is C22H21NO2. The van der Waals surface area contributed by atoms with Crippen molar-refractivity contribution in [3.8, 4) is 0 Å². The van der Waals surface area contributed by atoms with Crippen molar-refractivity contribution in [3.05, 3.63) is 41.5 Å². The third kappa shape index (κ3) is 1.26. The molecule has 4 bridgehead atoms. The highest BCUT2D eigenvalue weighted by Gasteiger charge is 2.79. The number of para-hydroxylation sites is 1. The van der Waals surface area contributed by atoms with Crippen LogP contribution in [-0.4, -0.2) is 11.8 Å². The summed E-state index contributed by atoms with van der Waals surface area (Å²) in [5, 5.41) is 0. The maximum absolute atomic E-state index is 13.4. The van der Waals surface area contributed by atoms with E-state index < -0.39 is 0 Å². The van der Waals surface area contributed by atoms with Crippen LogP contribution in [0.25, 0.3) is 0 Å². The molecule has 1 spiro atoms. The number of amides is 2. The van der Waals surface area contributed by atoms with Gasteiger partial charge in [-0.05, 0) is 73.3 Å². The Morgan fingerprint density at radius 1 is 0.840 bits per heavy atom. The van der Waals surface area contributed by atoms with Gasteiger partial charge in [-0.1, -0.05) is 29.3 Å². The number of allylic oxidation sites excluding steroid dienone is 2. The van der Waals surface area contributed by atoms with Gasteiger partial charge in [0.1, 0.15) is 0 Å². The van der Waals surface area contributed by atoms with E-state index in [9.17, 15) is 9.59 Å². The normalized spacial score (nSPS) is 44.2. The number of carbonyl (C=O) groups is 2. The molecule has 4 fully saturated rings. The molecule has 3 saturated carbocycles. The van der Waals surface area contributed by atoms with Crippen molar-refractivity contribution in [3.63, 3.8) is 0 Å². The Kier molecular flexibility index (Phi) is 2.09. The van der Waals surface area contributed by atoms with Crippen LogP contribution < -0.4 is 4.90 Å². The average Bonchev–Trinajstić information content (AvgIpc) is 2.90. The summed E-state index contributed by atoms with van der Waals surface area (Å²) in [4.78, 5) is 28.3. The van der Waals surface area contributed by atoms with Crippen LogP contribution in [0.15, 0.2) is 41.5 Å². The first-order valence-electron chi connectivity index (χ1n) is 9.89. The van der Waals surface area contributed by atoms with Crippen LogP contribution in [0.3, 0.4) is 0 Å². The molecule has 1 aromatic rings. The number of hydrogen-bond acceptors (Lipinski definition) is 2. The fourth-order valence-electron chi connectivity index (χ4n) is 7.81. The molecule has 5 aliphatic carbocycles. The summed E-state index contributed by atoms with van der Waals surface area (Å²) in [5.41, 5.74) is 4.43. The van der Waals surface area contributed by atoms with Crippen molar-refractivity contribution in [1.29, 1.82) is 0 Å². The van der Waals surface area contributed by atoms with Crippen LogP contribution in [0.1, 0.15) is 32.1 Å². The lowest BCUT2D eigenvalue weighted by atomic mass is 9.72. The molecule has 2 amide bonds. The minimum atomic E-state index is -0.0571. The van der Waals surface area contributed by atoms with Crippen molar-refractivity contribution < 1.29 is 9.59 Å². The van der Waals surface area contributed by atoms with Gasteiger partial charge in [0.25, 0.3) is 0 Å². The number of fused-ring (bicyclic) bond motifs is 9. The zero-order valence-corrected chi connectivity index (χ0v) is 14.2. The minimum Gasteiger partial charge on any atom is -0.274 e. The predicted octanol–water partition coefficient (Wildman–Crippen LogP) is 3.56. The zero-order chi connectivity index (χ0) is 16.5. The van der Waals surface area contributed by atoms with Gasteiger partial charge in [-0.2, -0.15) is 0 Å². The molecule has 0 radical (unpaired) electrons. The summed E-state index contributed by atoms with van der Waals surface area (Å²) in [6.45, 7) is 0. The second-order valence-electron chi connectivity index (χ2n) is 9.21. The quantitative estimate of drug-likeness (QED) is 0.583. The minimum absolute atomic E-state index is 0.0571. The van der Waals surface area contributed by atoms with Crippen LogP contribution in [0.4, 0.5) is 5.69 Å². The second-order valence-corrected chi connectivity index (χ2v) is 9.21. The first-order valence-corrected chi connectivity index (χ1v) is 9.89. The van der Waals surface area contributed by atoms with E-state index in [0.29, 0.717) is 17.3 Å².